The number of pyridine rings is 1. The van der Waals surface area contributed by atoms with E-state index < -0.39 is 23.0 Å². The van der Waals surface area contributed by atoms with Crippen LogP contribution in [0.1, 0.15) is 26.7 Å². The quantitative estimate of drug-likeness (QED) is 0.773. The van der Waals surface area contributed by atoms with Crippen LogP contribution in [0, 0.1) is 5.41 Å². The summed E-state index contributed by atoms with van der Waals surface area (Å²) in [6.07, 6.45) is 2.39. The minimum atomic E-state index is -0.987. The molecule has 8 heteroatoms. The van der Waals surface area contributed by atoms with Crippen molar-refractivity contribution in [3.8, 4) is 0 Å². The Balaban J connectivity index is 2.08. The Labute approximate surface area is 132 Å². The van der Waals surface area contributed by atoms with Crippen molar-refractivity contribution in [2.24, 2.45) is 5.41 Å². The monoisotopic (exact) mass is 320 g/mol. The average molecular weight is 320 g/mol. The molecule has 0 saturated carbocycles. The van der Waals surface area contributed by atoms with E-state index in [-0.39, 0.29) is 13.1 Å². The van der Waals surface area contributed by atoms with E-state index >= 15 is 0 Å². The smallest absolute Gasteiger partial charge is 0.350 e. The Kier molecular flexibility index (Phi) is 4.83. The fourth-order valence-corrected chi connectivity index (χ4v) is 2.41. The highest BCUT2D eigenvalue weighted by Gasteiger charge is 2.35. The summed E-state index contributed by atoms with van der Waals surface area (Å²) < 4.78 is 2.40. The van der Waals surface area contributed by atoms with Gasteiger partial charge in [0.25, 0.3) is 0 Å². The molecule has 1 amide bonds. The zero-order valence-corrected chi connectivity index (χ0v) is 13.2. The van der Waals surface area contributed by atoms with Crippen molar-refractivity contribution in [3.63, 3.8) is 0 Å². The van der Waals surface area contributed by atoms with Gasteiger partial charge in [0.15, 0.2) is 5.65 Å². The Morgan fingerprint density at radius 1 is 1.30 bits per heavy atom. The number of aliphatic carboxylic acids is 1. The molecule has 2 aromatic heterocycles. The summed E-state index contributed by atoms with van der Waals surface area (Å²) in [6.45, 7) is 3.33. The molecule has 0 atom stereocenters. The summed E-state index contributed by atoms with van der Waals surface area (Å²) >= 11 is 0. The third-order valence-electron chi connectivity index (χ3n) is 4.21. The average Bonchev–Trinajstić information content (AvgIpc) is 2.85. The van der Waals surface area contributed by atoms with Gasteiger partial charge in [-0.25, -0.2) is 9.48 Å². The molecule has 0 bridgehead atoms. The predicted octanol–water partition coefficient (Wildman–Crippen LogP) is 0.503. The van der Waals surface area contributed by atoms with Crippen molar-refractivity contribution in [2.75, 3.05) is 6.54 Å². The molecule has 124 valence electrons. The standard InChI is InChI=1S/C15H20N4O4/c1-3-15(4-2,13(21)22)10-16-12(20)9-19-14(23)18-8-6-5-7-11(18)17-19/h5-8H,3-4,9-10H2,1-2H3,(H,16,20)(H,21,22). The van der Waals surface area contributed by atoms with Crippen molar-refractivity contribution in [3.05, 3.63) is 34.9 Å². The van der Waals surface area contributed by atoms with Crippen LogP contribution >= 0.6 is 0 Å². The number of aromatic nitrogens is 3. The number of carbonyl (C=O) groups is 2. The van der Waals surface area contributed by atoms with Gasteiger partial charge in [0.05, 0.1) is 5.41 Å². The van der Waals surface area contributed by atoms with E-state index in [1.165, 1.54) is 4.40 Å². The molecule has 2 heterocycles. The summed E-state index contributed by atoms with van der Waals surface area (Å²) in [5.41, 5.74) is -0.946. The van der Waals surface area contributed by atoms with E-state index in [0.29, 0.717) is 18.5 Å². The normalized spacial score (nSPS) is 11.6. The first kappa shape index (κ1) is 16.7. The molecule has 0 spiro atoms. The number of nitrogens with zero attached hydrogens (tertiary/aromatic N) is 3. The van der Waals surface area contributed by atoms with Crippen LogP contribution in [0.5, 0.6) is 0 Å². The van der Waals surface area contributed by atoms with Crippen LogP contribution in [-0.2, 0) is 16.1 Å². The van der Waals surface area contributed by atoms with Gasteiger partial charge in [-0.2, -0.15) is 0 Å². The first-order valence-corrected chi connectivity index (χ1v) is 7.48. The Morgan fingerprint density at radius 2 is 2.00 bits per heavy atom. The van der Waals surface area contributed by atoms with Gasteiger partial charge in [-0.3, -0.25) is 14.0 Å². The molecular formula is C15H20N4O4. The molecule has 2 aromatic rings. The molecule has 2 rings (SSSR count). The van der Waals surface area contributed by atoms with Gasteiger partial charge in [0, 0.05) is 12.7 Å². The summed E-state index contributed by atoms with van der Waals surface area (Å²) in [5.74, 6) is -1.38. The maximum absolute atomic E-state index is 12.1. The second kappa shape index (κ2) is 6.64. The maximum Gasteiger partial charge on any atom is 0.350 e. The van der Waals surface area contributed by atoms with Crippen molar-refractivity contribution in [2.45, 2.75) is 33.2 Å². The second-order valence-corrected chi connectivity index (χ2v) is 5.44. The molecule has 0 aliphatic carbocycles. The number of carboxylic acid groups (broad SMARTS) is 1. The van der Waals surface area contributed by atoms with Crippen molar-refractivity contribution in [1.82, 2.24) is 19.5 Å². The number of rotatable bonds is 7. The van der Waals surface area contributed by atoms with Crippen LogP contribution in [0.2, 0.25) is 0 Å². The van der Waals surface area contributed by atoms with E-state index in [1.54, 1.807) is 38.2 Å². The summed E-state index contributed by atoms with van der Waals surface area (Å²) in [4.78, 5) is 35.5. The Hall–Kier alpha value is -2.64. The van der Waals surface area contributed by atoms with E-state index in [9.17, 15) is 19.5 Å². The lowest BCUT2D eigenvalue weighted by molar-refractivity contribution is -0.149. The zero-order valence-electron chi connectivity index (χ0n) is 13.2. The molecule has 0 saturated heterocycles. The van der Waals surface area contributed by atoms with Gasteiger partial charge < -0.3 is 10.4 Å². The molecule has 0 aliphatic rings. The number of nitrogens with one attached hydrogen (secondary N) is 1. The van der Waals surface area contributed by atoms with Gasteiger partial charge >= 0.3 is 11.7 Å². The van der Waals surface area contributed by atoms with Crippen LogP contribution in [0.3, 0.4) is 0 Å². The van der Waals surface area contributed by atoms with Crippen LogP contribution in [0.25, 0.3) is 5.65 Å². The maximum atomic E-state index is 12.1. The minimum absolute atomic E-state index is 0.0241. The highest BCUT2D eigenvalue weighted by atomic mass is 16.4. The summed E-state index contributed by atoms with van der Waals surface area (Å²) in [6, 6.07) is 5.11. The van der Waals surface area contributed by atoms with Gasteiger partial charge in [0.2, 0.25) is 5.91 Å². The summed E-state index contributed by atoms with van der Waals surface area (Å²) in [5, 5.41) is 16.0. The van der Waals surface area contributed by atoms with Gasteiger partial charge in [0.1, 0.15) is 6.54 Å². The molecule has 0 unspecified atom stereocenters. The van der Waals surface area contributed by atoms with Crippen LogP contribution in [-0.4, -0.2) is 37.7 Å². The van der Waals surface area contributed by atoms with Gasteiger partial charge in [-0.1, -0.05) is 19.9 Å². The van der Waals surface area contributed by atoms with Gasteiger partial charge in [-0.15, -0.1) is 5.10 Å². The number of carbonyl (C=O) groups excluding carboxylic acids is 1. The number of fused-ring (bicyclic) bond motifs is 1. The van der Waals surface area contributed by atoms with Crippen molar-refractivity contribution >= 4 is 17.5 Å². The lowest BCUT2D eigenvalue weighted by atomic mass is 9.82. The van der Waals surface area contributed by atoms with E-state index in [2.05, 4.69) is 10.4 Å². The van der Waals surface area contributed by atoms with Crippen LogP contribution in [0.4, 0.5) is 0 Å². The number of amides is 1. The fourth-order valence-electron chi connectivity index (χ4n) is 2.41. The summed E-state index contributed by atoms with van der Waals surface area (Å²) in [7, 11) is 0. The molecule has 0 radical (unpaired) electrons. The molecule has 2 N–H and O–H groups in total. The molecule has 0 aromatic carbocycles. The van der Waals surface area contributed by atoms with Gasteiger partial charge in [-0.05, 0) is 25.0 Å². The molecule has 0 aliphatic heterocycles. The topological polar surface area (TPSA) is 106 Å². The van der Waals surface area contributed by atoms with Crippen molar-refractivity contribution < 1.29 is 14.7 Å². The highest BCUT2D eigenvalue weighted by Crippen LogP contribution is 2.25. The van der Waals surface area contributed by atoms with Crippen molar-refractivity contribution in [1.29, 1.82) is 0 Å². The Morgan fingerprint density at radius 3 is 2.57 bits per heavy atom. The largest absolute Gasteiger partial charge is 0.481 e. The molecule has 23 heavy (non-hydrogen) atoms. The number of hydrogen-bond donors (Lipinski definition) is 2. The SMILES string of the molecule is CCC(CC)(CNC(=O)Cn1nc2ccccn2c1=O)C(=O)O. The van der Waals surface area contributed by atoms with Crippen LogP contribution < -0.4 is 11.0 Å². The van der Waals surface area contributed by atoms with E-state index in [0.717, 1.165) is 4.68 Å². The van der Waals surface area contributed by atoms with Crippen LogP contribution in [0.15, 0.2) is 29.2 Å². The number of hydrogen-bond acceptors (Lipinski definition) is 4. The minimum Gasteiger partial charge on any atom is -0.481 e. The lowest BCUT2D eigenvalue weighted by Crippen LogP contribution is -2.44. The first-order valence-electron chi connectivity index (χ1n) is 7.48. The van der Waals surface area contributed by atoms with E-state index in [4.69, 9.17) is 0 Å². The molecular weight excluding hydrogens is 300 g/mol. The molecule has 0 fully saturated rings. The molecule has 8 nitrogen and oxygen atoms in total. The third kappa shape index (κ3) is 3.25. The highest BCUT2D eigenvalue weighted by molar-refractivity contribution is 5.78. The predicted molar refractivity (Wildman–Crippen MR) is 83.1 cm³/mol. The zero-order chi connectivity index (χ0) is 17.0. The third-order valence-corrected chi connectivity index (χ3v) is 4.21. The lowest BCUT2D eigenvalue weighted by Gasteiger charge is -2.26. The number of carboxylic acids is 1. The Bertz CT molecular complexity index is 773. The first-order chi connectivity index (χ1) is 10.9. The second-order valence-electron chi connectivity index (χ2n) is 5.44. The van der Waals surface area contributed by atoms with E-state index in [1.807, 2.05) is 0 Å². The fraction of sp³-hybridized carbons (Fsp3) is 0.467.